The van der Waals surface area contributed by atoms with Crippen LogP contribution < -0.4 is 21.9 Å². The van der Waals surface area contributed by atoms with E-state index >= 15 is 0 Å². The molecular weight excluding hydrogens is 466 g/mol. The zero-order valence-corrected chi connectivity index (χ0v) is 24.9. The van der Waals surface area contributed by atoms with Crippen LogP contribution in [0.4, 0.5) is 0 Å². The minimum Gasteiger partial charge on any atom is -0.0904 e. The third-order valence-corrected chi connectivity index (χ3v) is 9.05. The summed E-state index contributed by atoms with van der Waals surface area (Å²) in [7, 11) is 0. The van der Waals surface area contributed by atoms with Crippen LogP contribution in [-0.4, -0.2) is 13.4 Å². The van der Waals surface area contributed by atoms with Gasteiger partial charge in [-0.1, -0.05) is 163 Å². The molecule has 39 heavy (non-hydrogen) atoms. The van der Waals surface area contributed by atoms with Gasteiger partial charge in [0, 0.05) is 0 Å². The highest BCUT2D eigenvalue weighted by molar-refractivity contribution is 6.96. The fraction of sp³-hybridized carbons (Fsp3) is 0.243. The van der Waals surface area contributed by atoms with Crippen molar-refractivity contribution in [1.29, 1.82) is 0 Å². The molecule has 0 saturated carbocycles. The second kappa shape index (κ2) is 10.9. The molecule has 0 aliphatic heterocycles. The van der Waals surface area contributed by atoms with Crippen molar-refractivity contribution in [3.05, 3.63) is 141 Å². The summed E-state index contributed by atoms with van der Waals surface area (Å²) in [6, 6.07) is 27.1. The van der Waals surface area contributed by atoms with Gasteiger partial charge in [0.2, 0.25) is 13.4 Å². The highest BCUT2D eigenvalue weighted by Crippen LogP contribution is 2.33. The Morgan fingerprint density at radius 2 is 0.744 bits per heavy atom. The van der Waals surface area contributed by atoms with Crippen LogP contribution in [0.5, 0.6) is 0 Å². The van der Waals surface area contributed by atoms with Crippen LogP contribution in [0.15, 0.2) is 96.5 Å². The second-order valence-electron chi connectivity index (χ2n) is 11.7. The highest BCUT2D eigenvalue weighted by Gasteiger charge is 2.41. The number of benzene rings is 4. The third-order valence-electron chi connectivity index (χ3n) is 9.05. The molecule has 1 aliphatic carbocycles. The molecule has 0 fully saturated rings. The minimum absolute atomic E-state index is 0.198. The fourth-order valence-corrected chi connectivity index (χ4v) is 7.28. The van der Waals surface area contributed by atoms with E-state index in [4.69, 9.17) is 0 Å². The maximum absolute atomic E-state index is 2.48. The van der Waals surface area contributed by atoms with Crippen LogP contribution in [0.3, 0.4) is 0 Å². The maximum Gasteiger partial charge on any atom is 0.238 e. The van der Waals surface area contributed by atoms with Gasteiger partial charge >= 0.3 is 0 Å². The number of aryl methyl sites for hydroxylation is 8. The lowest BCUT2D eigenvalue weighted by molar-refractivity contribution is 1.29. The predicted octanol–water partition coefficient (Wildman–Crippen LogP) is 6.48. The SMILES string of the molecule is Cc1cccc(C)c1B(C1=CC=CC1B(c1c(C)cccc1C)c1c(C)cccc1C)c1c(C)cccc1C. The summed E-state index contributed by atoms with van der Waals surface area (Å²) in [6.45, 7) is 18.8. The Labute approximate surface area is 237 Å². The molecule has 4 aromatic rings. The molecule has 0 spiro atoms. The average Bonchev–Trinajstić information content (AvgIpc) is 3.35. The lowest BCUT2D eigenvalue weighted by Gasteiger charge is -2.33. The van der Waals surface area contributed by atoms with Crippen molar-refractivity contribution in [2.75, 3.05) is 0 Å². The summed E-state index contributed by atoms with van der Waals surface area (Å²) >= 11 is 0. The Bertz CT molecular complexity index is 1420. The molecule has 0 bridgehead atoms. The van der Waals surface area contributed by atoms with Crippen molar-refractivity contribution in [1.82, 2.24) is 0 Å². The van der Waals surface area contributed by atoms with Gasteiger partial charge in [0.1, 0.15) is 0 Å². The first kappa shape index (κ1) is 27.1. The van der Waals surface area contributed by atoms with E-state index in [0.29, 0.717) is 0 Å². The molecule has 5 rings (SSSR count). The molecule has 2 heteroatoms. The average molecular weight is 506 g/mol. The summed E-state index contributed by atoms with van der Waals surface area (Å²) in [5.74, 6) is 0.257. The van der Waals surface area contributed by atoms with Crippen LogP contribution in [-0.2, 0) is 0 Å². The summed E-state index contributed by atoms with van der Waals surface area (Å²) in [5, 5.41) is 0. The van der Waals surface area contributed by atoms with E-state index in [9.17, 15) is 0 Å². The van der Waals surface area contributed by atoms with Crippen molar-refractivity contribution in [3.8, 4) is 0 Å². The summed E-state index contributed by atoms with van der Waals surface area (Å²) < 4.78 is 0. The minimum atomic E-state index is 0.198. The lowest BCUT2D eigenvalue weighted by Crippen LogP contribution is -2.55. The largest absolute Gasteiger partial charge is 0.238 e. The van der Waals surface area contributed by atoms with E-state index in [1.807, 2.05) is 0 Å². The first-order valence-electron chi connectivity index (χ1n) is 14.3. The van der Waals surface area contributed by atoms with Crippen molar-refractivity contribution < 1.29 is 0 Å². The van der Waals surface area contributed by atoms with Crippen LogP contribution in [0.25, 0.3) is 0 Å². The van der Waals surface area contributed by atoms with Gasteiger partial charge in [-0.05, 0) is 61.2 Å². The topological polar surface area (TPSA) is 0 Å². The maximum atomic E-state index is 2.48. The van der Waals surface area contributed by atoms with E-state index in [-0.39, 0.29) is 19.2 Å². The molecule has 0 heterocycles. The number of hydrogen-bond donors (Lipinski definition) is 0. The van der Waals surface area contributed by atoms with E-state index in [2.05, 4.69) is 146 Å². The normalized spacial score (nSPS) is 14.5. The van der Waals surface area contributed by atoms with Gasteiger partial charge in [-0.25, -0.2) is 0 Å². The molecule has 0 saturated heterocycles. The molecule has 0 N–H and O–H groups in total. The quantitative estimate of drug-likeness (QED) is 0.263. The van der Waals surface area contributed by atoms with Crippen LogP contribution in [0.2, 0.25) is 5.82 Å². The summed E-state index contributed by atoms with van der Waals surface area (Å²) in [6.07, 6.45) is 7.23. The third kappa shape index (κ3) is 4.87. The Morgan fingerprint density at radius 3 is 1.08 bits per heavy atom. The Balaban J connectivity index is 1.81. The van der Waals surface area contributed by atoms with E-state index in [1.54, 1.807) is 0 Å². The van der Waals surface area contributed by atoms with Crippen molar-refractivity contribution >= 4 is 35.3 Å². The fourth-order valence-electron chi connectivity index (χ4n) is 7.28. The molecule has 0 amide bonds. The Morgan fingerprint density at radius 1 is 0.436 bits per heavy atom. The van der Waals surface area contributed by atoms with Gasteiger partial charge < -0.3 is 0 Å². The van der Waals surface area contributed by atoms with E-state index in [0.717, 1.165) is 0 Å². The standard InChI is InChI=1S/C37H40B2/c1-24-14-9-15-25(2)34(24)38(35-26(3)16-10-17-27(35)4)32-22-13-23-33(32)39(36-28(5)18-11-19-29(36)6)37-30(7)20-12-21-31(37)8/h9-23,32H,1-8H3. The zero-order valence-electron chi connectivity index (χ0n) is 24.9. The molecular formula is C37H40B2. The monoisotopic (exact) mass is 506 g/mol. The number of allylic oxidation sites excluding steroid dienone is 4. The van der Waals surface area contributed by atoms with Gasteiger partial charge in [-0.3, -0.25) is 0 Å². The lowest BCUT2D eigenvalue weighted by atomic mass is 9.23. The van der Waals surface area contributed by atoms with Gasteiger partial charge in [0.15, 0.2) is 0 Å². The van der Waals surface area contributed by atoms with E-state index < -0.39 is 0 Å². The first-order valence-corrected chi connectivity index (χ1v) is 14.3. The smallest absolute Gasteiger partial charge is 0.0904 e. The molecule has 0 radical (unpaired) electrons. The van der Waals surface area contributed by atoms with Gasteiger partial charge in [-0.2, -0.15) is 0 Å². The van der Waals surface area contributed by atoms with Crippen LogP contribution in [0, 0.1) is 55.4 Å². The molecule has 0 aromatic heterocycles. The van der Waals surface area contributed by atoms with Gasteiger partial charge in [0.25, 0.3) is 0 Å². The second-order valence-corrected chi connectivity index (χ2v) is 11.7. The van der Waals surface area contributed by atoms with Crippen molar-refractivity contribution in [3.63, 3.8) is 0 Å². The number of rotatable bonds is 6. The molecule has 1 unspecified atom stereocenters. The first-order chi connectivity index (χ1) is 18.7. The Hall–Kier alpha value is -3.51. The van der Waals surface area contributed by atoms with Crippen molar-refractivity contribution in [2.45, 2.75) is 61.2 Å². The number of hydrogen-bond acceptors (Lipinski definition) is 0. The van der Waals surface area contributed by atoms with Crippen LogP contribution in [0.1, 0.15) is 44.5 Å². The van der Waals surface area contributed by atoms with Gasteiger partial charge in [-0.15, -0.1) is 0 Å². The molecule has 194 valence electrons. The van der Waals surface area contributed by atoms with Crippen LogP contribution >= 0.6 is 0 Å². The van der Waals surface area contributed by atoms with E-state index in [1.165, 1.54) is 71.8 Å². The molecule has 1 atom stereocenters. The van der Waals surface area contributed by atoms with Gasteiger partial charge in [0.05, 0.1) is 0 Å². The summed E-state index contributed by atoms with van der Waals surface area (Å²) in [4.78, 5) is 0. The highest BCUT2D eigenvalue weighted by atomic mass is 14.2. The molecule has 0 nitrogen and oxygen atoms in total. The Kier molecular flexibility index (Phi) is 7.59. The molecule has 1 aliphatic rings. The predicted molar refractivity (Wildman–Crippen MR) is 175 cm³/mol. The molecule has 4 aromatic carbocycles. The van der Waals surface area contributed by atoms with Crippen molar-refractivity contribution in [2.24, 2.45) is 0 Å². The summed E-state index contributed by atoms with van der Waals surface area (Å²) in [5.41, 5.74) is 18.3. The zero-order chi connectivity index (χ0) is 27.8.